The number of carbonyl (C=O) groups excluding carboxylic acids is 4. The lowest BCUT2D eigenvalue weighted by atomic mass is 10.0. The van der Waals surface area contributed by atoms with Gasteiger partial charge in [-0.3, -0.25) is 37.3 Å². The third-order valence-corrected chi connectivity index (χ3v) is 16.7. The summed E-state index contributed by atoms with van der Waals surface area (Å²) in [5.74, 6) is -1.38. The minimum absolute atomic E-state index is 0.106. The van der Waals surface area contributed by atoms with Crippen molar-refractivity contribution in [2.24, 2.45) is 5.92 Å². The van der Waals surface area contributed by atoms with Crippen LogP contribution in [0.5, 0.6) is 0 Å². The Labute approximate surface area is 505 Å². The molecule has 0 aliphatic carbocycles. The molecule has 0 amide bonds. The molecule has 2 unspecified atom stereocenters. The lowest BCUT2D eigenvalue weighted by molar-refractivity contribution is -0.161. The van der Waals surface area contributed by atoms with Crippen LogP contribution in [0.1, 0.15) is 324 Å². The number of aliphatic hydroxyl groups is 1. The van der Waals surface area contributed by atoms with E-state index in [2.05, 4.69) is 34.6 Å². The van der Waals surface area contributed by atoms with Gasteiger partial charge in [-0.05, 0) is 31.6 Å². The van der Waals surface area contributed by atoms with E-state index in [4.69, 9.17) is 37.0 Å². The SMILES string of the molecule is CCCCCCCCCCCCC(=O)OC[C@H](COP(=O)(O)OC[C@H](O)COP(=O)(O)OC[C@@H](COC(=O)CCCCCCCCCCCC)OC(=O)CCCCCCCCCCCCC(C)C)OC(=O)CCCCCCCCCCCC. The molecular formula is C64H124O17P2. The predicted molar refractivity (Wildman–Crippen MR) is 331 cm³/mol. The van der Waals surface area contributed by atoms with E-state index in [0.717, 1.165) is 95.8 Å². The van der Waals surface area contributed by atoms with Gasteiger partial charge >= 0.3 is 39.5 Å². The number of unbranched alkanes of at least 4 members (excludes halogenated alkanes) is 36. The number of hydrogen-bond donors (Lipinski definition) is 3. The second-order valence-corrected chi connectivity index (χ2v) is 26.5. The summed E-state index contributed by atoms with van der Waals surface area (Å²) in [6.45, 7) is 7.16. The second-order valence-electron chi connectivity index (χ2n) is 23.6. The third kappa shape index (κ3) is 58.8. The first-order valence-electron chi connectivity index (χ1n) is 33.6. The Morgan fingerprint density at radius 2 is 0.554 bits per heavy atom. The standard InChI is InChI=1S/C64H124O17P2/c1-6-9-12-15-18-21-27-32-37-42-47-61(66)74-53-59(80-63(68)49-44-39-34-29-23-20-17-14-11-8-3)55-78-82(70,71)76-51-58(65)52-77-83(72,73)79-56-60(54-75-62(67)48-43-38-33-28-22-19-16-13-10-7-2)81-64(69)50-45-40-35-30-25-24-26-31-36-41-46-57(4)5/h57-60,65H,6-56H2,1-5H3,(H,70,71)(H,72,73)/t58-,59+,60+/m0/s1. The molecule has 0 spiro atoms. The summed E-state index contributed by atoms with van der Waals surface area (Å²) in [4.78, 5) is 72.2. The number of carbonyl (C=O) groups is 4. The monoisotopic (exact) mass is 1230 g/mol. The molecule has 0 saturated heterocycles. The molecule has 0 fully saturated rings. The summed E-state index contributed by atoms with van der Waals surface area (Å²) in [5.41, 5.74) is 0. The van der Waals surface area contributed by atoms with E-state index in [1.54, 1.807) is 0 Å². The summed E-state index contributed by atoms with van der Waals surface area (Å²) in [6.07, 6.45) is 41.5. The van der Waals surface area contributed by atoms with Gasteiger partial charge in [-0.15, -0.1) is 0 Å². The first-order valence-corrected chi connectivity index (χ1v) is 36.6. The number of esters is 4. The van der Waals surface area contributed by atoms with Crippen LogP contribution in [0.4, 0.5) is 0 Å². The number of phosphoric acid groups is 2. The van der Waals surface area contributed by atoms with Gasteiger partial charge in [-0.2, -0.15) is 0 Å². The zero-order chi connectivity index (χ0) is 61.3. The summed E-state index contributed by atoms with van der Waals surface area (Å²) >= 11 is 0. The largest absolute Gasteiger partial charge is 0.472 e. The van der Waals surface area contributed by atoms with Crippen LogP contribution >= 0.6 is 15.6 Å². The molecule has 0 aliphatic rings. The summed E-state index contributed by atoms with van der Waals surface area (Å²) in [5, 5.41) is 10.5. The Hall–Kier alpha value is -1.94. The topological polar surface area (TPSA) is 237 Å². The molecule has 3 N–H and O–H groups in total. The maximum absolute atomic E-state index is 13.0. The van der Waals surface area contributed by atoms with Gasteiger partial charge in [-0.1, -0.05) is 272 Å². The van der Waals surface area contributed by atoms with Crippen molar-refractivity contribution in [1.29, 1.82) is 0 Å². The highest BCUT2D eigenvalue weighted by molar-refractivity contribution is 7.47. The van der Waals surface area contributed by atoms with Crippen LogP contribution < -0.4 is 0 Å². The predicted octanol–water partition coefficient (Wildman–Crippen LogP) is 17.8. The van der Waals surface area contributed by atoms with Gasteiger partial charge in [0, 0.05) is 25.7 Å². The molecule has 0 aromatic carbocycles. The fourth-order valence-corrected chi connectivity index (χ4v) is 11.2. The van der Waals surface area contributed by atoms with Crippen molar-refractivity contribution >= 4 is 39.5 Å². The van der Waals surface area contributed by atoms with Crippen molar-refractivity contribution < 1.29 is 80.2 Å². The van der Waals surface area contributed by atoms with Gasteiger partial charge in [0.05, 0.1) is 26.4 Å². The average molecular weight is 1230 g/mol. The fraction of sp³-hybridized carbons (Fsp3) is 0.938. The third-order valence-electron chi connectivity index (χ3n) is 14.8. The Morgan fingerprint density at radius 3 is 0.819 bits per heavy atom. The smallest absolute Gasteiger partial charge is 0.462 e. The van der Waals surface area contributed by atoms with Gasteiger partial charge in [-0.25, -0.2) is 9.13 Å². The number of aliphatic hydroxyl groups excluding tert-OH is 1. The molecule has 0 bridgehead atoms. The molecule has 0 rings (SSSR count). The van der Waals surface area contributed by atoms with E-state index in [-0.39, 0.29) is 25.7 Å². The highest BCUT2D eigenvalue weighted by Gasteiger charge is 2.30. The molecular weight excluding hydrogens is 1100 g/mol. The van der Waals surface area contributed by atoms with E-state index in [0.29, 0.717) is 25.7 Å². The quantitative estimate of drug-likeness (QED) is 0.0222. The Morgan fingerprint density at radius 1 is 0.325 bits per heavy atom. The number of hydrogen-bond acceptors (Lipinski definition) is 15. The molecule has 0 aromatic heterocycles. The van der Waals surface area contributed by atoms with Crippen LogP contribution in [0.3, 0.4) is 0 Å². The molecule has 492 valence electrons. The highest BCUT2D eigenvalue weighted by atomic mass is 31.2. The van der Waals surface area contributed by atoms with Crippen molar-refractivity contribution in [2.45, 2.75) is 342 Å². The first kappa shape index (κ1) is 81.1. The molecule has 19 heteroatoms. The van der Waals surface area contributed by atoms with Gasteiger partial charge < -0.3 is 33.8 Å². The van der Waals surface area contributed by atoms with Gasteiger partial charge in [0.15, 0.2) is 12.2 Å². The average Bonchev–Trinajstić information content (AvgIpc) is 3.48. The van der Waals surface area contributed by atoms with Crippen LogP contribution in [0.15, 0.2) is 0 Å². The van der Waals surface area contributed by atoms with Crippen molar-refractivity contribution in [3.05, 3.63) is 0 Å². The van der Waals surface area contributed by atoms with Crippen LogP contribution in [-0.2, 0) is 65.4 Å². The lowest BCUT2D eigenvalue weighted by Gasteiger charge is -2.21. The first-order chi connectivity index (χ1) is 40.0. The zero-order valence-electron chi connectivity index (χ0n) is 53.3. The van der Waals surface area contributed by atoms with Gasteiger partial charge in [0.2, 0.25) is 0 Å². The summed E-state index contributed by atoms with van der Waals surface area (Å²) in [7, 11) is -9.88. The second kappa shape index (κ2) is 57.8. The van der Waals surface area contributed by atoms with Crippen molar-refractivity contribution in [3.63, 3.8) is 0 Å². The van der Waals surface area contributed by atoms with E-state index in [1.807, 2.05) is 0 Å². The van der Waals surface area contributed by atoms with Crippen LogP contribution in [-0.4, -0.2) is 96.7 Å². The fourth-order valence-electron chi connectivity index (χ4n) is 9.58. The van der Waals surface area contributed by atoms with E-state index in [1.165, 1.54) is 148 Å². The minimum atomic E-state index is -4.94. The summed E-state index contributed by atoms with van der Waals surface area (Å²) in [6, 6.07) is 0. The molecule has 83 heavy (non-hydrogen) atoms. The lowest BCUT2D eigenvalue weighted by Crippen LogP contribution is -2.30. The highest BCUT2D eigenvalue weighted by Crippen LogP contribution is 2.45. The Balaban J connectivity index is 5.23. The number of ether oxygens (including phenoxy) is 4. The van der Waals surface area contributed by atoms with Crippen LogP contribution in [0.25, 0.3) is 0 Å². The van der Waals surface area contributed by atoms with E-state index >= 15 is 0 Å². The van der Waals surface area contributed by atoms with Crippen molar-refractivity contribution in [3.8, 4) is 0 Å². The minimum Gasteiger partial charge on any atom is -0.462 e. The van der Waals surface area contributed by atoms with Crippen molar-refractivity contribution in [2.75, 3.05) is 39.6 Å². The molecule has 0 aromatic rings. The normalized spacial score (nSPS) is 14.2. The molecule has 5 atom stereocenters. The van der Waals surface area contributed by atoms with Crippen LogP contribution in [0.2, 0.25) is 0 Å². The maximum Gasteiger partial charge on any atom is 0.472 e. The Bertz CT molecular complexity index is 1620. The Kier molecular flexibility index (Phi) is 56.4. The van der Waals surface area contributed by atoms with Gasteiger partial charge in [0.25, 0.3) is 0 Å². The molecule has 0 radical (unpaired) electrons. The summed E-state index contributed by atoms with van der Waals surface area (Å²) < 4.78 is 68.0. The van der Waals surface area contributed by atoms with Crippen LogP contribution in [0, 0.1) is 5.92 Å². The molecule has 0 saturated carbocycles. The molecule has 17 nitrogen and oxygen atoms in total. The van der Waals surface area contributed by atoms with E-state index < -0.39 is 97.5 Å². The molecule has 0 aliphatic heterocycles. The molecule has 0 heterocycles. The number of rotatable bonds is 64. The maximum atomic E-state index is 13.0. The zero-order valence-corrected chi connectivity index (χ0v) is 55.1. The number of phosphoric ester groups is 2. The van der Waals surface area contributed by atoms with Crippen molar-refractivity contribution in [1.82, 2.24) is 0 Å². The van der Waals surface area contributed by atoms with Gasteiger partial charge in [0.1, 0.15) is 19.3 Å². The van der Waals surface area contributed by atoms with E-state index in [9.17, 15) is 43.2 Å².